The highest BCUT2D eigenvalue weighted by atomic mass is 79.9. The van der Waals surface area contributed by atoms with Crippen molar-refractivity contribution in [1.29, 1.82) is 0 Å². The number of aromatic nitrogens is 1. The first-order chi connectivity index (χ1) is 8.13. The zero-order valence-electron chi connectivity index (χ0n) is 9.90. The van der Waals surface area contributed by atoms with Crippen LogP contribution in [0.5, 0.6) is 0 Å². The van der Waals surface area contributed by atoms with Crippen LogP contribution >= 0.6 is 15.9 Å². The predicted molar refractivity (Wildman–Crippen MR) is 74.1 cm³/mol. The number of alkyl halides is 1. The van der Waals surface area contributed by atoms with Gasteiger partial charge in [-0.1, -0.05) is 34.1 Å². The van der Waals surface area contributed by atoms with Crippen LogP contribution in [0.3, 0.4) is 0 Å². The summed E-state index contributed by atoms with van der Waals surface area (Å²) >= 11 is 3.43. The lowest BCUT2D eigenvalue weighted by atomic mass is 10.1. The molecule has 0 aliphatic heterocycles. The molecular formula is C14H14BrNO. The van der Waals surface area contributed by atoms with Gasteiger partial charge in [-0.3, -0.25) is 9.36 Å². The topological polar surface area (TPSA) is 22.0 Å². The van der Waals surface area contributed by atoms with Crippen molar-refractivity contribution in [3.63, 3.8) is 0 Å². The SMILES string of the molecule is Cc1cc(CBr)ccc1-n1cccc(C)c1=O. The Morgan fingerprint density at radius 1 is 1.18 bits per heavy atom. The van der Waals surface area contributed by atoms with Gasteiger partial charge in [-0.05, 0) is 37.1 Å². The molecule has 0 saturated carbocycles. The Hall–Kier alpha value is -1.35. The van der Waals surface area contributed by atoms with Crippen molar-refractivity contribution in [3.8, 4) is 5.69 Å². The number of nitrogens with zero attached hydrogens (tertiary/aromatic N) is 1. The molecule has 0 bridgehead atoms. The van der Waals surface area contributed by atoms with E-state index in [0.717, 1.165) is 22.1 Å². The van der Waals surface area contributed by atoms with Gasteiger partial charge in [0.15, 0.2) is 0 Å². The summed E-state index contributed by atoms with van der Waals surface area (Å²) in [6.45, 7) is 3.86. The van der Waals surface area contributed by atoms with Crippen LogP contribution in [-0.4, -0.2) is 4.57 Å². The molecule has 0 aliphatic carbocycles. The molecule has 0 amide bonds. The van der Waals surface area contributed by atoms with Crippen molar-refractivity contribution in [2.45, 2.75) is 19.2 Å². The van der Waals surface area contributed by atoms with Crippen molar-refractivity contribution in [3.05, 3.63) is 63.6 Å². The van der Waals surface area contributed by atoms with Crippen LogP contribution < -0.4 is 5.56 Å². The predicted octanol–water partition coefficient (Wildman–Crippen LogP) is 3.35. The maximum atomic E-state index is 12.0. The lowest BCUT2D eigenvalue weighted by molar-refractivity contribution is 0.958. The smallest absolute Gasteiger partial charge is 0.257 e. The van der Waals surface area contributed by atoms with E-state index >= 15 is 0 Å². The number of rotatable bonds is 2. The normalized spacial score (nSPS) is 10.5. The van der Waals surface area contributed by atoms with E-state index in [2.05, 4.69) is 22.0 Å². The summed E-state index contributed by atoms with van der Waals surface area (Å²) < 4.78 is 1.70. The van der Waals surface area contributed by atoms with Crippen molar-refractivity contribution in [2.75, 3.05) is 0 Å². The first kappa shape index (κ1) is 12.1. The van der Waals surface area contributed by atoms with Crippen LogP contribution in [0.15, 0.2) is 41.3 Å². The van der Waals surface area contributed by atoms with Crippen molar-refractivity contribution in [2.24, 2.45) is 0 Å². The highest BCUT2D eigenvalue weighted by Crippen LogP contribution is 2.16. The first-order valence-corrected chi connectivity index (χ1v) is 6.60. The molecule has 0 saturated heterocycles. The summed E-state index contributed by atoms with van der Waals surface area (Å²) in [6.07, 6.45) is 1.81. The molecule has 0 aliphatic rings. The third kappa shape index (κ3) is 2.34. The van der Waals surface area contributed by atoms with E-state index in [0.29, 0.717) is 0 Å². The van der Waals surface area contributed by atoms with Crippen molar-refractivity contribution < 1.29 is 0 Å². The van der Waals surface area contributed by atoms with Gasteiger partial charge in [0.2, 0.25) is 0 Å². The Morgan fingerprint density at radius 3 is 2.59 bits per heavy atom. The fourth-order valence-electron chi connectivity index (χ4n) is 1.86. The van der Waals surface area contributed by atoms with E-state index in [1.54, 1.807) is 4.57 Å². The minimum atomic E-state index is 0.0437. The van der Waals surface area contributed by atoms with Crippen LogP contribution in [0.2, 0.25) is 0 Å². The first-order valence-electron chi connectivity index (χ1n) is 5.47. The molecule has 0 atom stereocenters. The number of pyridine rings is 1. The lowest BCUT2D eigenvalue weighted by Gasteiger charge is -2.10. The highest BCUT2D eigenvalue weighted by molar-refractivity contribution is 9.08. The minimum Gasteiger partial charge on any atom is -0.284 e. The summed E-state index contributed by atoms with van der Waals surface area (Å²) in [6, 6.07) is 9.85. The Morgan fingerprint density at radius 2 is 1.94 bits per heavy atom. The van der Waals surface area contributed by atoms with Gasteiger partial charge in [0.05, 0.1) is 5.69 Å². The van der Waals surface area contributed by atoms with Crippen LogP contribution in [0.25, 0.3) is 5.69 Å². The van der Waals surface area contributed by atoms with E-state index in [1.807, 2.05) is 44.3 Å². The van der Waals surface area contributed by atoms with Crippen LogP contribution in [0, 0.1) is 13.8 Å². The molecule has 2 rings (SSSR count). The maximum Gasteiger partial charge on any atom is 0.257 e. The molecule has 17 heavy (non-hydrogen) atoms. The molecule has 0 fully saturated rings. The Bertz CT molecular complexity index is 601. The second kappa shape index (κ2) is 4.88. The van der Waals surface area contributed by atoms with Gasteiger partial charge in [0, 0.05) is 17.1 Å². The average Bonchev–Trinajstić information content (AvgIpc) is 2.33. The molecule has 1 aromatic heterocycles. The van der Waals surface area contributed by atoms with E-state index in [-0.39, 0.29) is 5.56 Å². The number of halogens is 1. The number of aryl methyl sites for hydroxylation is 2. The van der Waals surface area contributed by atoms with Crippen LogP contribution in [0.1, 0.15) is 16.7 Å². The van der Waals surface area contributed by atoms with Gasteiger partial charge in [-0.15, -0.1) is 0 Å². The van der Waals surface area contributed by atoms with Crippen LogP contribution in [-0.2, 0) is 5.33 Å². The molecule has 0 N–H and O–H groups in total. The number of hydrogen-bond acceptors (Lipinski definition) is 1. The number of hydrogen-bond donors (Lipinski definition) is 0. The molecule has 3 heteroatoms. The van der Waals surface area contributed by atoms with Gasteiger partial charge >= 0.3 is 0 Å². The summed E-state index contributed by atoms with van der Waals surface area (Å²) in [5.41, 5.74) is 4.07. The zero-order chi connectivity index (χ0) is 12.4. The molecule has 2 aromatic rings. The molecule has 0 spiro atoms. The molecule has 2 nitrogen and oxygen atoms in total. The van der Waals surface area contributed by atoms with E-state index in [4.69, 9.17) is 0 Å². The average molecular weight is 292 g/mol. The van der Waals surface area contributed by atoms with E-state index in [9.17, 15) is 4.79 Å². The molecule has 88 valence electrons. The molecule has 1 heterocycles. The van der Waals surface area contributed by atoms with Gasteiger partial charge in [0.1, 0.15) is 0 Å². The summed E-state index contributed by atoms with van der Waals surface area (Å²) in [5.74, 6) is 0. The largest absolute Gasteiger partial charge is 0.284 e. The van der Waals surface area contributed by atoms with Gasteiger partial charge in [-0.2, -0.15) is 0 Å². The van der Waals surface area contributed by atoms with Gasteiger partial charge in [0.25, 0.3) is 5.56 Å². The monoisotopic (exact) mass is 291 g/mol. The fraction of sp³-hybridized carbons (Fsp3) is 0.214. The van der Waals surface area contributed by atoms with E-state index in [1.165, 1.54) is 5.56 Å². The maximum absolute atomic E-state index is 12.0. The quantitative estimate of drug-likeness (QED) is 0.778. The second-order valence-electron chi connectivity index (χ2n) is 4.12. The van der Waals surface area contributed by atoms with Gasteiger partial charge in [-0.25, -0.2) is 0 Å². The zero-order valence-corrected chi connectivity index (χ0v) is 11.5. The van der Waals surface area contributed by atoms with Crippen molar-refractivity contribution >= 4 is 15.9 Å². The molecule has 0 radical (unpaired) electrons. The minimum absolute atomic E-state index is 0.0437. The summed E-state index contributed by atoms with van der Waals surface area (Å²) in [4.78, 5) is 12.0. The van der Waals surface area contributed by atoms with Crippen molar-refractivity contribution in [1.82, 2.24) is 4.57 Å². The Labute approximate surface area is 109 Å². The lowest BCUT2D eigenvalue weighted by Crippen LogP contribution is -2.20. The summed E-state index contributed by atoms with van der Waals surface area (Å²) in [5, 5.41) is 0.830. The molecule has 0 unspecified atom stereocenters. The Kier molecular flexibility index (Phi) is 3.48. The number of benzene rings is 1. The van der Waals surface area contributed by atoms with Gasteiger partial charge < -0.3 is 0 Å². The highest BCUT2D eigenvalue weighted by Gasteiger charge is 2.05. The third-order valence-corrected chi connectivity index (χ3v) is 3.46. The third-order valence-electron chi connectivity index (χ3n) is 2.81. The molecule has 1 aromatic carbocycles. The Balaban J connectivity index is 2.61. The standard InChI is InChI=1S/C14H14BrNO/c1-10-4-3-7-16(14(10)17)13-6-5-12(9-15)8-11(13)2/h3-8H,9H2,1-2H3. The molecular weight excluding hydrogens is 278 g/mol. The fourth-order valence-corrected chi connectivity index (χ4v) is 2.21. The van der Waals surface area contributed by atoms with E-state index < -0.39 is 0 Å². The second-order valence-corrected chi connectivity index (χ2v) is 4.68. The summed E-state index contributed by atoms with van der Waals surface area (Å²) in [7, 11) is 0. The van der Waals surface area contributed by atoms with Crippen LogP contribution in [0.4, 0.5) is 0 Å².